The summed E-state index contributed by atoms with van der Waals surface area (Å²) in [6, 6.07) is 25.2. The SMILES string of the molecule is Nc1nccc2cc(CN3CCC[C@H]3C(=O)NC(=O)[C@H](NCC(=O)O)C(c3ccccc3)c3ccccc3)ccc12. The fourth-order valence-electron chi connectivity index (χ4n) is 5.64. The molecule has 0 spiro atoms. The van der Waals surface area contributed by atoms with Crippen LogP contribution in [-0.2, 0) is 20.9 Å². The van der Waals surface area contributed by atoms with Crippen molar-refractivity contribution in [3.05, 3.63) is 108 Å². The van der Waals surface area contributed by atoms with E-state index >= 15 is 0 Å². The smallest absolute Gasteiger partial charge is 0.317 e. The summed E-state index contributed by atoms with van der Waals surface area (Å²) in [6.45, 7) is 0.835. The van der Waals surface area contributed by atoms with E-state index in [1.54, 1.807) is 6.20 Å². The summed E-state index contributed by atoms with van der Waals surface area (Å²) in [5.41, 5.74) is 8.69. The van der Waals surface area contributed by atoms with Crippen LogP contribution in [0, 0.1) is 0 Å². The molecule has 41 heavy (non-hydrogen) atoms. The highest BCUT2D eigenvalue weighted by Gasteiger charge is 2.36. The molecule has 5 N–H and O–H groups in total. The topological polar surface area (TPSA) is 138 Å². The molecule has 210 valence electrons. The minimum absolute atomic E-state index is 0.385. The summed E-state index contributed by atoms with van der Waals surface area (Å²) in [4.78, 5) is 44.9. The van der Waals surface area contributed by atoms with Crippen LogP contribution in [0.25, 0.3) is 10.8 Å². The molecule has 0 unspecified atom stereocenters. The maximum absolute atomic E-state index is 13.7. The Balaban J connectivity index is 1.36. The number of anilines is 1. The van der Waals surface area contributed by atoms with E-state index in [0.717, 1.165) is 40.4 Å². The Bertz CT molecular complexity index is 1490. The average Bonchev–Trinajstić information content (AvgIpc) is 3.44. The number of carbonyl (C=O) groups excluding carboxylic acids is 2. The number of hydrogen-bond acceptors (Lipinski definition) is 7. The number of carbonyl (C=O) groups is 3. The minimum Gasteiger partial charge on any atom is -0.480 e. The van der Waals surface area contributed by atoms with Crippen molar-refractivity contribution in [1.29, 1.82) is 0 Å². The van der Waals surface area contributed by atoms with Crippen molar-refractivity contribution < 1.29 is 19.5 Å². The van der Waals surface area contributed by atoms with Gasteiger partial charge in [0.15, 0.2) is 0 Å². The number of nitrogens with zero attached hydrogens (tertiary/aromatic N) is 2. The van der Waals surface area contributed by atoms with Crippen molar-refractivity contribution in [2.45, 2.75) is 37.4 Å². The van der Waals surface area contributed by atoms with Crippen molar-refractivity contribution in [3.8, 4) is 0 Å². The first-order chi connectivity index (χ1) is 19.9. The summed E-state index contributed by atoms with van der Waals surface area (Å²) in [5.74, 6) is -2.08. The van der Waals surface area contributed by atoms with Gasteiger partial charge in [0.1, 0.15) is 5.82 Å². The fourth-order valence-corrected chi connectivity index (χ4v) is 5.64. The quantitative estimate of drug-likeness (QED) is 0.236. The summed E-state index contributed by atoms with van der Waals surface area (Å²) in [5, 5.41) is 16.8. The number of imide groups is 1. The second-order valence-electron chi connectivity index (χ2n) is 10.3. The van der Waals surface area contributed by atoms with E-state index < -0.39 is 36.4 Å². The molecule has 3 aromatic carbocycles. The Hall–Kier alpha value is -4.60. The van der Waals surface area contributed by atoms with E-state index in [1.165, 1.54) is 0 Å². The largest absolute Gasteiger partial charge is 0.480 e. The van der Waals surface area contributed by atoms with E-state index in [9.17, 15) is 19.5 Å². The van der Waals surface area contributed by atoms with E-state index in [1.807, 2.05) is 84.9 Å². The number of nitrogens with one attached hydrogen (secondary N) is 2. The second kappa shape index (κ2) is 12.7. The summed E-state index contributed by atoms with van der Waals surface area (Å²) in [6.07, 6.45) is 3.12. The van der Waals surface area contributed by atoms with Gasteiger partial charge in [-0.25, -0.2) is 4.98 Å². The Morgan fingerprint density at radius 3 is 2.32 bits per heavy atom. The number of carboxylic acid groups (broad SMARTS) is 1. The van der Waals surface area contributed by atoms with Crippen LogP contribution in [0.4, 0.5) is 5.82 Å². The summed E-state index contributed by atoms with van der Waals surface area (Å²) in [7, 11) is 0. The zero-order valence-electron chi connectivity index (χ0n) is 22.6. The van der Waals surface area contributed by atoms with Crippen LogP contribution in [0.2, 0.25) is 0 Å². The first-order valence-electron chi connectivity index (χ1n) is 13.7. The third kappa shape index (κ3) is 6.59. The molecule has 9 nitrogen and oxygen atoms in total. The predicted octanol–water partition coefficient (Wildman–Crippen LogP) is 3.30. The number of nitrogen functional groups attached to an aromatic ring is 1. The number of likely N-dealkylation sites (tertiary alicyclic amines) is 1. The molecule has 1 aliphatic heterocycles. The zero-order chi connectivity index (χ0) is 28.8. The van der Waals surface area contributed by atoms with Gasteiger partial charge >= 0.3 is 5.97 Å². The number of aromatic nitrogens is 1. The molecule has 1 saturated heterocycles. The molecule has 0 aliphatic carbocycles. The maximum Gasteiger partial charge on any atom is 0.317 e. The molecule has 2 heterocycles. The maximum atomic E-state index is 13.7. The van der Waals surface area contributed by atoms with Crippen LogP contribution in [0.5, 0.6) is 0 Å². The lowest BCUT2D eigenvalue weighted by Crippen LogP contribution is -2.54. The normalized spacial score (nSPS) is 16.1. The molecule has 9 heteroatoms. The van der Waals surface area contributed by atoms with Crippen LogP contribution in [0.1, 0.15) is 35.4 Å². The Morgan fingerprint density at radius 1 is 0.976 bits per heavy atom. The highest BCUT2D eigenvalue weighted by atomic mass is 16.4. The molecule has 4 aromatic rings. The summed E-state index contributed by atoms with van der Waals surface area (Å²) >= 11 is 0. The number of rotatable bonds is 10. The average molecular weight is 552 g/mol. The standard InChI is InChI=1S/C32H33N5O4/c33-30-25-14-13-21(18-24(25)15-16-34-30)20-37-17-7-12-26(37)31(40)36-32(41)29(35-19-27(38)39)28(22-8-3-1-4-9-22)23-10-5-2-6-11-23/h1-6,8-11,13-16,18,26,28-29,35H,7,12,17,19-20H2,(H2,33,34)(H,38,39)(H,36,40,41)/t26-,29+/m0/s1. The number of amides is 2. The molecule has 1 fully saturated rings. The van der Waals surface area contributed by atoms with Crippen molar-refractivity contribution in [2.24, 2.45) is 0 Å². The lowest BCUT2D eigenvalue weighted by molar-refractivity contribution is -0.136. The molecular formula is C32H33N5O4. The third-order valence-corrected chi connectivity index (χ3v) is 7.56. The second-order valence-corrected chi connectivity index (χ2v) is 10.3. The fraction of sp³-hybridized carbons (Fsp3) is 0.250. The molecular weight excluding hydrogens is 518 g/mol. The Labute approximate surface area is 238 Å². The highest BCUT2D eigenvalue weighted by molar-refractivity contribution is 6.01. The number of nitrogens with two attached hydrogens (primary N) is 1. The predicted molar refractivity (Wildman–Crippen MR) is 157 cm³/mol. The Morgan fingerprint density at radius 2 is 1.66 bits per heavy atom. The van der Waals surface area contributed by atoms with E-state index in [-0.39, 0.29) is 5.91 Å². The van der Waals surface area contributed by atoms with Gasteiger partial charge in [0, 0.05) is 24.0 Å². The van der Waals surface area contributed by atoms with Gasteiger partial charge in [-0.1, -0.05) is 72.8 Å². The van der Waals surface area contributed by atoms with Gasteiger partial charge in [-0.15, -0.1) is 0 Å². The number of benzene rings is 3. The van der Waals surface area contributed by atoms with Crippen molar-refractivity contribution in [2.75, 3.05) is 18.8 Å². The van der Waals surface area contributed by atoms with Gasteiger partial charge < -0.3 is 10.8 Å². The number of pyridine rings is 1. The van der Waals surface area contributed by atoms with E-state index in [0.29, 0.717) is 18.8 Å². The monoisotopic (exact) mass is 551 g/mol. The third-order valence-electron chi connectivity index (χ3n) is 7.56. The van der Waals surface area contributed by atoms with Crippen LogP contribution < -0.4 is 16.4 Å². The minimum atomic E-state index is -1.09. The van der Waals surface area contributed by atoms with Gasteiger partial charge in [-0.05, 0) is 53.6 Å². The van der Waals surface area contributed by atoms with Gasteiger partial charge in [0.25, 0.3) is 0 Å². The molecule has 0 bridgehead atoms. The molecule has 5 rings (SSSR count). The van der Waals surface area contributed by atoms with Crippen molar-refractivity contribution in [3.63, 3.8) is 0 Å². The Kier molecular flexibility index (Phi) is 8.67. The molecule has 2 amide bonds. The molecule has 1 aromatic heterocycles. The van der Waals surface area contributed by atoms with Gasteiger partial charge in [0.05, 0.1) is 18.6 Å². The molecule has 2 atom stereocenters. The van der Waals surface area contributed by atoms with E-state index in [2.05, 4.69) is 20.5 Å². The van der Waals surface area contributed by atoms with Crippen LogP contribution in [-0.4, -0.2) is 57.9 Å². The van der Waals surface area contributed by atoms with E-state index in [4.69, 9.17) is 5.73 Å². The van der Waals surface area contributed by atoms with Crippen LogP contribution in [0.3, 0.4) is 0 Å². The first-order valence-corrected chi connectivity index (χ1v) is 13.7. The zero-order valence-corrected chi connectivity index (χ0v) is 22.6. The molecule has 1 aliphatic rings. The highest BCUT2D eigenvalue weighted by Crippen LogP contribution is 2.29. The number of hydrogen-bond donors (Lipinski definition) is 4. The van der Waals surface area contributed by atoms with Crippen molar-refractivity contribution in [1.82, 2.24) is 20.5 Å². The van der Waals surface area contributed by atoms with Gasteiger partial charge in [0.2, 0.25) is 11.8 Å². The van der Waals surface area contributed by atoms with Crippen molar-refractivity contribution >= 4 is 34.4 Å². The lowest BCUT2D eigenvalue weighted by Gasteiger charge is -2.29. The van der Waals surface area contributed by atoms with Gasteiger partial charge in [-0.3, -0.25) is 29.9 Å². The first kappa shape index (κ1) is 27.9. The summed E-state index contributed by atoms with van der Waals surface area (Å²) < 4.78 is 0. The lowest BCUT2D eigenvalue weighted by atomic mass is 9.84. The van der Waals surface area contributed by atoms with Gasteiger partial charge in [-0.2, -0.15) is 0 Å². The molecule has 0 radical (unpaired) electrons. The number of aliphatic carboxylic acids is 1. The number of fused-ring (bicyclic) bond motifs is 1. The van der Waals surface area contributed by atoms with Crippen LogP contribution >= 0.6 is 0 Å². The van der Waals surface area contributed by atoms with Crippen LogP contribution in [0.15, 0.2) is 91.1 Å². The number of carboxylic acids is 1. The molecule has 0 saturated carbocycles.